The van der Waals surface area contributed by atoms with Crippen molar-refractivity contribution in [1.82, 2.24) is 4.90 Å². The summed E-state index contributed by atoms with van der Waals surface area (Å²) >= 11 is 3.10. The normalized spacial score (nSPS) is 24.9. The summed E-state index contributed by atoms with van der Waals surface area (Å²) in [6, 6.07) is 8.71. The Morgan fingerprint density at radius 2 is 1.66 bits per heavy atom. The van der Waals surface area contributed by atoms with Crippen molar-refractivity contribution in [2.45, 2.75) is 41.7 Å². The first-order valence-electron chi connectivity index (χ1n) is 11.4. The zero-order valence-corrected chi connectivity index (χ0v) is 21.6. The Labute approximate surface area is 211 Å². The highest BCUT2D eigenvalue weighted by atomic mass is 79.9. The number of nitrogens with zero attached hydrogens (tertiary/aromatic N) is 1. The molecule has 1 heterocycles. The summed E-state index contributed by atoms with van der Waals surface area (Å²) in [6.07, 6.45) is 2.18. The molecule has 2 fully saturated rings. The Kier molecular flexibility index (Phi) is 7.33. The van der Waals surface area contributed by atoms with E-state index in [0.29, 0.717) is 25.7 Å². The van der Waals surface area contributed by atoms with Crippen LogP contribution >= 0.6 is 15.9 Å². The molecule has 0 spiro atoms. The van der Waals surface area contributed by atoms with Crippen LogP contribution in [0.3, 0.4) is 0 Å². The maximum absolute atomic E-state index is 14.5. The molecule has 2 aliphatic rings. The molecular formula is C25H26BrF2NO5S. The predicted molar refractivity (Wildman–Crippen MR) is 128 cm³/mol. The van der Waals surface area contributed by atoms with Gasteiger partial charge in [0.05, 0.1) is 22.4 Å². The van der Waals surface area contributed by atoms with Crippen LogP contribution in [0.4, 0.5) is 8.78 Å². The molecule has 1 amide bonds. The zero-order chi connectivity index (χ0) is 25.4. The van der Waals surface area contributed by atoms with E-state index in [9.17, 15) is 26.8 Å². The first-order chi connectivity index (χ1) is 16.6. The smallest absolute Gasteiger partial charge is 0.308 e. The van der Waals surface area contributed by atoms with Crippen molar-refractivity contribution in [2.75, 3.05) is 20.2 Å². The summed E-state index contributed by atoms with van der Waals surface area (Å²) in [5.41, 5.74) is 0.243. The van der Waals surface area contributed by atoms with Crippen molar-refractivity contribution in [3.05, 3.63) is 64.1 Å². The summed E-state index contributed by atoms with van der Waals surface area (Å²) in [6.45, 7) is 0.0530. The lowest BCUT2D eigenvalue weighted by molar-refractivity contribution is -0.148. The second kappa shape index (κ2) is 9.97. The standard InChI is InChI=1S/C25H26BrF2NO5S/c1-34-24(31)17-4-2-16(3-5-17)23(30)29-13-12-25(15-29,18-6-11-21(26)22(28)14-18)35(32,33)20-9-7-19(27)8-10-20/h6-11,14,16-17H,2-5,12-13,15H2,1H3/t16-,17-,25-/m0/s1. The van der Waals surface area contributed by atoms with E-state index < -0.39 is 26.2 Å². The van der Waals surface area contributed by atoms with Gasteiger partial charge in [-0.15, -0.1) is 0 Å². The van der Waals surface area contributed by atoms with E-state index in [2.05, 4.69) is 15.9 Å². The molecule has 35 heavy (non-hydrogen) atoms. The highest BCUT2D eigenvalue weighted by molar-refractivity contribution is 9.10. The Morgan fingerprint density at radius 3 is 2.26 bits per heavy atom. The monoisotopic (exact) mass is 569 g/mol. The second-order valence-corrected chi connectivity index (χ2v) is 12.3. The minimum Gasteiger partial charge on any atom is -0.469 e. The van der Waals surface area contributed by atoms with Crippen LogP contribution in [0.15, 0.2) is 51.8 Å². The van der Waals surface area contributed by atoms with E-state index in [4.69, 9.17) is 4.74 Å². The van der Waals surface area contributed by atoms with Crippen LogP contribution in [-0.2, 0) is 28.9 Å². The van der Waals surface area contributed by atoms with Gasteiger partial charge in [-0.05, 0) is 90.0 Å². The number of halogens is 3. The number of rotatable bonds is 5. The topological polar surface area (TPSA) is 80.8 Å². The van der Waals surface area contributed by atoms with Crippen molar-refractivity contribution in [1.29, 1.82) is 0 Å². The van der Waals surface area contributed by atoms with Crippen LogP contribution < -0.4 is 0 Å². The summed E-state index contributed by atoms with van der Waals surface area (Å²) < 4.78 is 59.3. The quantitative estimate of drug-likeness (QED) is 0.388. The lowest BCUT2D eigenvalue weighted by Crippen LogP contribution is -2.43. The number of likely N-dealkylation sites (tertiary alicyclic amines) is 1. The maximum atomic E-state index is 14.5. The molecule has 1 aliphatic heterocycles. The first-order valence-corrected chi connectivity index (χ1v) is 13.7. The molecule has 2 aromatic carbocycles. The molecule has 0 bridgehead atoms. The molecule has 188 valence electrons. The first kappa shape index (κ1) is 25.8. The minimum atomic E-state index is -4.12. The van der Waals surface area contributed by atoms with E-state index >= 15 is 0 Å². The molecule has 0 radical (unpaired) electrons. The van der Waals surface area contributed by atoms with Crippen LogP contribution in [0.5, 0.6) is 0 Å². The maximum Gasteiger partial charge on any atom is 0.308 e. The van der Waals surface area contributed by atoms with Crippen molar-refractivity contribution in [2.24, 2.45) is 11.8 Å². The second-order valence-electron chi connectivity index (χ2n) is 9.16. The molecular weight excluding hydrogens is 544 g/mol. The van der Waals surface area contributed by atoms with E-state index in [1.165, 1.54) is 36.3 Å². The average molecular weight is 570 g/mol. The number of esters is 1. The van der Waals surface area contributed by atoms with Crippen LogP contribution in [0, 0.1) is 23.5 Å². The van der Waals surface area contributed by atoms with Gasteiger partial charge in [-0.2, -0.15) is 0 Å². The molecule has 4 rings (SSSR count). The molecule has 1 saturated carbocycles. The number of carbonyl (C=O) groups excluding carboxylic acids is 2. The van der Waals surface area contributed by atoms with Gasteiger partial charge in [-0.1, -0.05) is 6.07 Å². The van der Waals surface area contributed by atoms with E-state index in [1.54, 1.807) is 6.07 Å². The van der Waals surface area contributed by atoms with Crippen LogP contribution in [0.25, 0.3) is 0 Å². The summed E-state index contributed by atoms with van der Waals surface area (Å²) in [7, 11) is -2.78. The van der Waals surface area contributed by atoms with Crippen LogP contribution in [0.2, 0.25) is 0 Å². The fourth-order valence-corrected chi connectivity index (χ4v) is 7.52. The number of carbonyl (C=O) groups is 2. The van der Waals surface area contributed by atoms with Crippen molar-refractivity contribution < 1.29 is 31.5 Å². The third kappa shape index (κ3) is 4.74. The minimum absolute atomic E-state index is 0.0804. The Balaban J connectivity index is 1.65. The molecule has 1 atom stereocenters. The van der Waals surface area contributed by atoms with Crippen molar-refractivity contribution >= 4 is 37.6 Å². The van der Waals surface area contributed by atoms with Gasteiger partial charge in [0, 0.05) is 19.0 Å². The highest BCUT2D eigenvalue weighted by Gasteiger charge is 2.53. The van der Waals surface area contributed by atoms with Gasteiger partial charge < -0.3 is 9.64 Å². The third-order valence-corrected chi connectivity index (χ3v) is 10.4. The van der Waals surface area contributed by atoms with Gasteiger partial charge in [0.15, 0.2) is 9.84 Å². The number of amides is 1. The lowest BCUT2D eigenvalue weighted by atomic mass is 9.81. The fourth-order valence-electron chi connectivity index (χ4n) is 5.20. The number of hydrogen-bond donors (Lipinski definition) is 0. The number of ether oxygens (including phenoxy) is 1. The van der Waals surface area contributed by atoms with Crippen molar-refractivity contribution in [3.8, 4) is 0 Å². The van der Waals surface area contributed by atoms with Gasteiger partial charge >= 0.3 is 5.97 Å². The SMILES string of the molecule is COC(=O)[C@H]1CC[C@H](C(=O)N2CC[C@](c3ccc(Br)c(F)c3)(S(=O)(=O)c3ccc(F)cc3)C2)CC1. The summed E-state index contributed by atoms with van der Waals surface area (Å²) in [5.74, 6) is -2.17. The van der Waals surface area contributed by atoms with E-state index in [0.717, 1.165) is 12.1 Å². The lowest BCUT2D eigenvalue weighted by Gasteiger charge is -2.32. The molecule has 2 aromatic rings. The number of sulfone groups is 1. The van der Waals surface area contributed by atoms with E-state index in [-0.39, 0.29) is 58.2 Å². The van der Waals surface area contributed by atoms with Gasteiger partial charge in [-0.25, -0.2) is 17.2 Å². The van der Waals surface area contributed by atoms with Gasteiger partial charge in [0.2, 0.25) is 5.91 Å². The highest BCUT2D eigenvalue weighted by Crippen LogP contribution is 2.45. The van der Waals surface area contributed by atoms with Crippen molar-refractivity contribution in [3.63, 3.8) is 0 Å². The van der Waals surface area contributed by atoms with Crippen LogP contribution in [0.1, 0.15) is 37.7 Å². The molecule has 0 N–H and O–H groups in total. The van der Waals surface area contributed by atoms with Gasteiger partial charge in [0.1, 0.15) is 16.4 Å². The molecule has 0 unspecified atom stereocenters. The number of benzene rings is 2. The Bertz CT molecular complexity index is 1230. The van der Waals surface area contributed by atoms with Gasteiger partial charge in [-0.3, -0.25) is 9.59 Å². The Morgan fingerprint density at radius 1 is 1.03 bits per heavy atom. The number of hydrogen-bond acceptors (Lipinski definition) is 5. The number of methoxy groups -OCH3 is 1. The zero-order valence-electron chi connectivity index (χ0n) is 19.2. The summed E-state index contributed by atoms with van der Waals surface area (Å²) in [4.78, 5) is 26.6. The van der Waals surface area contributed by atoms with Crippen LogP contribution in [-0.4, -0.2) is 45.4 Å². The predicted octanol–water partition coefficient (Wildman–Crippen LogP) is 4.61. The largest absolute Gasteiger partial charge is 0.469 e. The molecule has 1 saturated heterocycles. The molecule has 10 heteroatoms. The fraction of sp³-hybridized carbons (Fsp3) is 0.440. The molecule has 6 nitrogen and oxygen atoms in total. The summed E-state index contributed by atoms with van der Waals surface area (Å²) in [5, 5.41) is 0. The molecule has 1 aliphatic carbocycles. The molecule has 0 aromatic heterocycles. The van der Waals surface area contributed by atoms with Gasteiger partial charge in [0.25, 0.3) is 0 Å². The Hall–Kier alpha value is -2.33. The third-order valence-electron chi connectivity index (χ3n) is 7.24. The average Bonchev–Trinajstić information content (AvgIpc) is 3.32. The van der Waals surface area contributed by atoms with E-state index in [1.807, 2.05) is 0 Å².